The minimum atomic E-state index is -0.390. The lowest BCUT2D eigenvalue weighted by Gasteiger charge is -2.08. The highest BCUT2D eigenvalue weighted by molar-refractivity contribution is 6.33. The van der Waals surface area contributed by atoms with Crippen LogP contribution in [0.15, 0.2) is 48.8 Å². The Morgan fingerprint density at radius 1 is 1.25 bits per heavy atom. The van der Waals surface area contributed by atoms with E-state index in [9.17, 15) is 9.18 Å². The van der Waals surface area contributed by atoms with Gasteiger partial charge in [-0.1, -0.05) is 17.7 Å². The van der Waals surface area contributed by atoms with Crippen LogP contribution in [0.2, 0.25) is 5.15 Å². The molecule has 0 fully saturated rings. The van der Waals surface area contributed by atoms with Crippen molar-refractivity contribution in [3.8, 4) is 0 Å². The Morgan fingerprint density at radius 3 is 2.92 bits per heavy atom. The third-order valence-corrected chi connectivity index (χ3v) is 3.92. The number of benzene rings is 1. The van der Waals surface area contributed by atoms with Gasteiger partial charge in [-0.05, 0) is 42.7 Å². The van der Waals surface area contributed by atoms with Gasteiger partial charge in [0.15, 0.2) is 0 Å². The van der Waals surface area contributed by atoms with Crippen molar-refractivity contribution in [2.75, 3.05) is 6.54 Å². The van der Waals surface area contributed by atoms with Gasteiger partial charge in [0, 0.05) is 30.4 Å². The number of nitrogens with zero attached hydrogens (tertiary/aromatic N) is 2. The van der Waals surface area contributed by atoms with Gasteiger partial charge in [0.1, 0.15) is 11.0 Å². The molecule has 122 valence electrons. The van der Waals surface area contributed by atoms with Crippen LogP contribution in [0.1, 0.15) is 22.3 Å². The Kier molecular flexibility index (Phi) is 5.01. The van der Waals surface area contributed by atoms with Crippen LogP contribution in [0.4, 0.5) is 4.39 Å². The summed E-state index contributed by atoms with van der Waals surface area (Å²) in [5.74, 6) is -0.677. The predicted molar refractivity (Wildman–Crippen MR) is 91.6 cm³/mol. The van der Waals surface area contributed by atoms with Crippen LogP contribution in [0.3, 0.4) is 0 Å². The maximum Gasteiger partial charge on any atom is 0.254 e. The number of pyridine rings is 2. The molecule has 2 heterocycles. The van der Waals surface area contributed by atoms with Crippen molar-refractivity contribution >= 4 is 28.4 Å². The number of nitrogens with one attached hydrogen (secondary N) is 1. The van der Waals surface area contributed by atoms with E-state index < -0.39 is 5.82 Å². The van der Waals surface area contributed by atoms with Gasteiger partial charge in [-0.2, -0.15) is 0 Å². The zero-order valence-electron chi connectivity index (χ0n) is 12.8. The lowest BCUT2D eigenvalue weighted by atomic mass is 10.1. The molecule has 24 heavy (non-hydrogen) atoms. The number of amides is 1. The van der Waals surface area contributed by atoms with Crippen LogP contribution in [0.5, 0.6) is 0 Å². The first-order valence-corrected chi connectivity index (χ1v) is 7.94. The van der Waals surface area contributed by atoms with Crippen LogP contribution < -0.4 is 5.32 Å². The minimum absolute atomic E-state index is 0.0675. The van der Waals surface area contributed by atoms with Gasteiger partial charge in [-0.25, -0.2) is 9.37 Å². The van der Waals surface area contributed by atoms with Gasteiger partial charge >= 0.3 is 0 Å². The summed E-state index contributed by atoms with van der Waals surface area (Å²) < 4.78 is 13.2. The highest BCUT2D eigenvalue weighted by atomic mass is 35.5. The summed E-state index contributed by atoms with van der Waals surface area (Å²) in [5, 5.41) is 3.56. The molecule has 0 bridgehead atoms. The Balaban J connectivity index is 1.63. The number of hydrogen-bond donors (Lipinski definition) is 1. The summed E-state index contributed by atoms with van der Waals surface area (Å²) in [7, 11) is 0. The average Bonchev–Trinajstić information content (AvgIpc) is 2.58. The third kappa shape index (κ3) is 3.86. The third-order valence-electron chi connectivity index (χ3n) is 3.63. The van der Waals surface area contributed by atoms with Crippen molar-refractivity contribution in [1.82, 2.24) is 15.3 Å². The van der Waals surface area contributed by atoms with E-state index in [1.165, 1.54) is 12.1 Å². The van der Waals surface area contributed by atoms with Crippen molar-refractivity contribution in [3.63, 3.8) is 0 Å². The summed E-state index contributed by atoms with van der Waals surface area (Å²) >= 11 is 6.06. The number of carbonyl (C=O) groups excluding carboxylic acids is 1. The van der Waals surface area contributed by atoms with Crippen molar-refractivity contribution in [2.45, 2.75) is 12.8 Å². The first kappa shape index (κ1) is 16.3. The van der Waals surface area contributed by atoms with E-state index in [0.29, 0.717) is 17.4 Å². The number of hydrogen-bond acceptors (Lipinski definition) is 3. The highest BCUT2D eigenvalue weighted by Crippen LogP contribution is 2.21. The molecule has 4 nitrogen and oxygen atoms in total. The van der Waals surface area contributed by atoms with Gasteiger partial charge in [-0.15, -0.1) is 0 Å². The summed E-state index contributed by atoms with van der Waals surface area (Å²) in [6.45, 7) is 0.519. The minimum Gasteiger partial charge on any atom is -0.352 e. The van der Waals surface area contributed by atoms with E-state index in [-0.39, 0.29) is 16.6 Å². The van der Waals surface area contributed by atoms with Crippen LogP contribution in [-0.2, 0) is 6.42 Å². The summed E-state index contributed by atoms with van der Waals surface area (Å²) in [6, 6.07) is 9.70. The maximum atomic E-state index is 13.2. The maximum absolute atomic E-state index is 13.2. The molecular formula is C18H15ClFN3O. The zero-order valence-corrected chi connectivity index (χ0v) is 13.6. The fourth-order valence-electron chi connectivity index (χ4n) is 2.41. The first-order valence-electron chi connectivity index (χ1n) is 7.56. The number of aryl methyl sites for hydroxylation is 1. The lowest BCUT2D eigenvalue weighted by Crippen LogP contribution is -2.25. The van der Waals surface area contributed by atoms with Gasteiger partial charge in [-0.3, -0.25) is 9.78 Å². The molecule has 6 heteroatoms. The standard InChI is InChI=1S/C18H15ClFN3O/c19-17-15(9-13-5-6-14(20)10-16(13)23-17)18(24)22-8-2-4-12-3-1-7-21-11-12/h1,3,5-7,9-11H,2,4,8H2,(H,22,24). The van der Waals surface area contributed by atoms with E-state index in [2.05, 4.69) is 15.3 Å². The molecule has 1 aromatic carbocycles. The van der Waals surface area contributed by atoms with Crippen molar-refractivity contribution < 1.29 is 9.18 Å². The van der Waals surface area contributed by atoms with E-state index >= 15 is 0 Å². The predicted octanol–water partition coefficient (Wildman–Crippen LogP) is 3.78. The van der Waals surface area contributed by atoms with E-state index in [1.807, 2.05) is 18.3 Å². The SMILES string of the molecule is O=C(NCCCc1cccnc1)c1cc2ccc(F)cc2nc1Cl. The second kappa shape index (κ2) is 7.36. The normalized spacial score (nSPS) is 10.8. The lowest BCUT2D eigenvalue weighted by molar-refractivity contribution is 0.0953. The highest BCUT2D eigenvalue weighted by Gasteiger charge is 2.13. The number of halogens is 2. The van der Waals surface area contributed by atoms with Gasteiger partial charge in [0.05, 0.1) is 11.1 Å². The molecule has 0 saturated carbocycles. The summed E-state index contributed by atoms with van der Waals surface area (Å²) in [4.78, 5) is 20.4. The molecule has 0 aliphatic rings. The average molecular weight is 344 g/mol. The van der Waals surface area contributed by atoms with Crippen LogP contribution >= 0.6 is 11.6 Å². The molecule has 0 radical (unpaired) electrons. The molecule has 2 aromatic heterocycles. The smallest absolute Gasteiger partial charge is 0.254 e. The Morgan fingerprint density at radius 2 is 2.12 bits per heavy atom. The number of aromatic nitrogens is 2. The molecule has 0 spiro atoms. The molecule has 3 rings (SSSR count). The molecule has 0 aliphatic heterocycles. The van der Waals surface area contributed by atoms with Crippen LogP contribution in [0.25, 0.3) is 10.9 Å². The largest absolute Gasteiger partial charge is 0.352 e. The number of rotatable bonds is 5. The molecule has 0 aliphatic carbocycles. The fraction of sp³-hybridized carbons (Fsp3) is 0.167. The van der Waals surface area contributed by atoms with Gasteiger partial charge in [0.25, 0.3) is 5.91 Å². The Bertz CT molecular complexity index is 871. The van der Waals surface area contributed by atoms with Crippen molar-refractivity contribution in [1.29, 1.82) is 0 Å². The molecule has 0 unspecified atom stereocenters. The molecule has 0 atom stereocenters. The Labute approximate surface area is 143 Å². The monoisotopic (exact) mass is 343 g/mol. The van der Waals surface area contributed by atoms with Crippen LogP contribution in [0, 0.1) is 5.82 Å². The topological polar surface area (TPSA) is 54.9 Å². The first-order chi connectivity index (χ1) is 11.6. The molecular weight excluding hydrogens is 329 g/mol. The summed E-state index contributed by atoms with van der Waals surface area (Å²) in [6.07, 6.45) is 5.16. The quantitative estimate of drug-likeness (QED) is 0.566. The Hall–Kier alpha value is -2.53. The molecule has 0 saturated heterocycles. The number of carbonyl (C=O) groups is 1. The van der Waals surface area contributed by atoms with Crippen LogP contribution in [-0.4, -0.2) is 22.4 Å². The zero-order chi connectivity index (χ0) is 16.9. The number of fused-ring (bicyclic) bond motifs is 1. The molecule has 3 aromatic rings. The molecule has 1 N–H and O–H groups in total. The van der Waals surface area contributed by atoms with Gasteiger partial charge in [0.2, 0.25) is 0 Å². The van der Waals surface area contributed by atoms with E-state index in [1.54, 1.807) is 18.3 Å². The second-order valence-electron chi connectivity index (χ2n) is 5.38. The van der Waals surface area contributed by atoms with E-state index in [4.69, 9.17) is 11.6 Å². The molecule has 1 amide bonds. The fourth-order valence-corrected chi connectivity index (χ4v) is 2.64. The van der Waals surface area contributed by atoms with Crippen molar-refractivity contribution in [3.05, 3.63) is 70.9 Å². The van der Waals surface area contributed by atoms with Gasteiger partial charge < -0.3 is 5.32 Å². The summed E-state index contributed by atoms with van der Waals surface area (Å²) in [5.41, 5.74) is 1.84. The van der Waals surface area contributed by atoms with Crippen molar-refractivity contribution in [2.24, 2.45) is 0 Å². The second-order valence-corrected chi connectivity index (χ2v) is 5.74. The van der Waals surface area contributed by atoms with E-state index in [0.717, 1.165) is 18.4 Å².